The van der Waals surface area contributed by atoms with Crippen LogP contribution in [0.25, 0.3) is 11.3 Å². The molecule has 0 saturated heterocycles. The summed E-state index contributed by atoms with van der Waals surface area (Å²) in [6.07, 6.45) is 7.42. The van der Waals surface area contributed by atoms with E-state index in [0.717, 1.165) is 36.9 Å². The van der Waals surface area contributed by atoms with Gasteiger partial charge in [0.25, 0.3) is 0 Å². The second-order valence-electron chi connectivity index (χ2n) is 6.60. The highest BCUT2D eigenvalue weighted by molar-refractivity contribution is 5.83. The molecule has 1 fully saturated rings. The van der Waals surface area contributed by atoms with E-state index in [1.165, 1.54) is 11.6 Å². The minimum atomic E-state index is -0.263. The maximum absolute atomic E-state index is 14.4. The number of imidazole rings is 1. The van der Waals surface area contributed by atoms with Gasteiger partial charge in [0, 0.05) is 23.5 Å². The van der Waals surface area contributed by atoms with Gasteiger partial charge >= 0.3 is 0 Å². The van der Waals surface area contributed by atoms with Crippen molar-refractivity contribution in [2.24, 2.45) is 5.92 Å². The maximum atomic E-state index is 14.4. The quantitative estimate of drug-likeness (QED) is 0.792. The Labute approximate surface area is 134 Å². The molecule has 0 N–H and O–H groups in total. The van der Waals surface area contributed by atoms with Crippen molar-refractivity contribution in [3.63, 3.8) is 0 Å². The number of aromatic nitrogens is 2. The van der Waals surface area contributed by atoms with Crippen molar-refractivity contribution in [1.82, 2.24) is 9.55 Å². The van der Waals surface area contributed by atoms with E-state index in [-0.39, 0.29) is 23.6 Å². The van der Waals surface area contributed by atoms with Crippen LogP contribution in [-0.4, -0.2) is 15.3 Å². The third-order valence-electron chi connectivity index (χ3n) is 5.21. The topological polar surface area (TPSA) is 34.9 Å². The Balaban J connectivity index is 1.63. The molecule has 1 unspecified atom stereocenters. The fraction of sp³-hybridized carbons (Fsp3) is 0.368. The third-order valence-corrected chi connectivity index (χ3v) is 5.21. The first-order chi connectivity index (χ1) is 11.1. The first kappa shape index (κ1) is 14.4. The van der Waals surface area contributed by atoms with Crippen molar-refractivity contribution in [2.45, 2.75) is 38.1 Å². The Morgan fingerprint density at radius 2 is 2.13 bits per heavy atom. The van der Waals surface area contributed by atoms with Gasteiger partial charge in [-0.3, -0.25) is 4.79 Å². The number of hydrogen-bond donors (Lipinski definition) is 0. The fourth-order valence-corrected chi connectivity index (χ4v) is 3.91. The van der Waals surface area contributed by atoms with Crippen molar-refractivity contribution >= 4 is 5.78 Å². The predicted octanol–water partition coefficient (Wildman–Crippen LogP) is 4.30. The number of carbonyl (C=O) groups is 1. The smallest absolute Gasteiger partial charge is 0.138 e. The van der Waals surface area contributed by atoms with Crippen LogP contribution in [0.1, 0.15) is 43.7 Å². The van der Waals surface area contributed by atoms with E-state index < -0.39 is 0 Å². The van der Waals surface area contributed by atoms with Gasteiger partial charge in [-0.25, -0.2) is 9.37 Å². The molecule has 3 nitrogen and oxygen atoms in total. The predicted molar refractivity (Wildman–Crippen MR) is 86.5 cm³/mol. The average Bonchev–Trinajstić information content (AvgIpc) is 3.12. The van der Waals surface area contributed by atoms with Crippen LogP contribution in [0.2, 0.25) is 0 Å². The Kier molecular flexibility index (Phi) is 3.40. The van der Waals surface area contributed by atoms with E-state index in [1.807, 2.05) is 10.6 Å². The number of hydrogen-bond acceptors (Lipinski definition) is 2. The van der Waals surface area contributed by atoms with E-state index in [9.17, 15) is 9.18 Å². The van der Waals surface area contributed by atoms with E-state index in [1.54, 1.807) is 18.6 Å². The molecule has 0 amide bonds. The van der Waals surface area contributed by atoms with Crippen molar-refractivity contribution in [3.8, 4) is 11.3 Å². The lowest BCUT2D eigenvalue weighted by Gasteiger charge is -2.24. The van der Waals surface area contributed by atoms with Crippen LogP contribution in [0, 0.1) is 11.7 Å². The van der Waals surface area contributed by atoms with E-state index in [4.69, 9.17) is 0 Å². The lowest BCUT2D eigenvalue weighted by atomic mass is 9.81. The van der Waals surface area contributed by atoms with E-state index >= 15 is 0 Å². The standard InChI is InChI=1S/C19H19FN2O/c1-12-5-7-13(8-6-12)18(23)9-16-19-14(3-2-4-15(19)20)17-10-21-11-22(16)17/h2-4,10-11,13,16H,1,5-9H2. The summed E-state index contributed by atoms with van der Waals surface area (Å²) in [6, 6.07) is 4.82. The largest absolute Gasteiger partial charge is 0.322 e. The normalized spacial score (nSPS) is 20.4. The molecule has 2 heterocycles. The maximum Gasteiger partial charge on any atom is 0.138 e. The highest BCUT2D eigenvalue weighted by atomic mass is 19.1. The fourth-order valence-electron chi connectivity index (χ4n) is 3.91. The molecule has 1 saturated carbocycles. The summed E-state index contributed by atoms with van der Waals surface area (Å²) in [5.74, 6) is 0.0857. The van der Waals surface area contributed by atoms with Crippen LogP contribution in [0.5, 0.6) is 0 Å². The molecule has 2 aliphatic rings. The second-order valence-corrected chi connectivity index (χ2v) is 6.60. The average molecular weight is 310 g/mol. The van der Waals surface area contributed by atoms with Crippen LogP contribution < -0.4 is 0 Å². The van der Waals surface area contributed by atoms with Crippen molar-refractivity contribution < 1.29 is 9.18 Å². The molecule has 1 aromatic carbocycles. The molecule has 4 heteroatoms. The molecule has 1 aliphatic heterocycles. The zero-order chi connectivity index (χ0) is 16.0. The third kappa shape index (κ3) is 2.33. The first-order valence-electron chi connectivity index (χ1n) is 8.15. The summed E-state index contributed by atoms with van der Waals surface area (Å²) < 4.78 is 16.3. The number of fused-ring (bicyclic) bond motifs is 3. The number of nitrogens with zero attached hydrogens (tertiary/aromatic N) is 2. The number of rotatable bonds is 3. The molecule has 0 spiro atoms. The van der Waals surface area contributed by atoms with Gasteiger partial charge in [0.2, 0.25) is 0 Å². The number of Topliss-reactive ketones (excluding diaryl/α,β-unsaturated/α-hetero) is 1. The van der Waals surface area contributed by atoms with Crippen LogP contribution >= 0.6 is 0 Å². The Hall–Kier alpha value is -2.23. The molecule has 1 aliphatic carbocycles. The van der Waals surface area contributed by atoms with Gasteiger partial charge in [0.15, 0.2) is 0 Å². The van der Waals surface area contributed by atoms with Gasteiger partial charge in [0.05, 0.1) is 24.3 Å². The molecule has 2 aromatic rings. The van der Waals surface area contributed by atoms with Gasteiger partial charge < -0.3 is 4.57 Å². The Bertz CT molecular complexity index is 782. The summed E-state index contributed by atoms with van der Waals surface area (Å²) in [5, 5.41) is 0. The summed E-state index contributed by atoms with van der Waals surface area (Å²) in [6.45, 7) is 4.00. The van der Waals surface area contributed by atoms with Crippen LogP contribution in [-0.2, 0) is 4.79 Å². The van der Waals surface area contributed by atoms with E-state index in [0.29, 0.717) is 12.0 Å². The summed E-state index contributed by atoms with van der Waals surface area (Å²) in [5.41, 5.74) is 3.63. The summed E-state index contributed by atoms with van der Waals surface area (Å²) >= 11 is 0. The van der Waals surface area contributed by atoms with Gasteiger partial charge in [0.1, 0.15) is 11.6 Å². The lowest BCUT2D eigenvalue weighted by Crippen LogP contribution is -2.22. The van der Waals surface area contributed by atoms with Gasteiger partial charge in [-0.15, -0.1) is 0 Å². The molecule has 23 heavy (non-hydrogen) atoms. The zero-order valence-corrected chi connectivity index (χ0v) is 13.0. The van der Waals surface area contributed by atoms with Crippen molar-refractivity contribution in [1.29, 1.82) is 0 Å². The van der Waals surface area contributed by atoms with Crippen LogP contribution in [0.4, 0.5) is 4.39 Å². The highest BCUT2D eigenvalue weighted by Crippen LogP contribution is 2.43. The summed E-state index contributed by atoms with van der Waals surface area (Å²) in [7, 11) is 0. The van der Waals surface area contributed by atoms with Crippen molar-refractivity contribution in [3.05, 3.63) is 54.3 Å². The number of benzene rings is 1. The monoisotopic (exact) mass is 310 g/mol. The molecule has 118 valence electrons. The van der Waals surface area contributed by atoms with Crippen molar-refractivity contribution in [2.75, 3.05) is 0 Å². The van der Waals surface area contributed by atoms with Gasteiger partial charge in [-0.1, -0.05) is 24.3 Å². The van der Waals surface area contributed by atoms with E-state index in [2.05, 4.69) is 11.6 Å². The second kappa shape index (κ2) is 5.44. The zero-order valence-electron chi connectivity index (χ0n) is 13.0. The molecular formula is C19H19FN2O. The minimum Gasteiger partial charge on any atom is -0.322 e. The number of halogens is 1. The summed E-state index contributed by atoms with van der Waals surface area (Å²) in [4.78, 5) is 16.9. The number of allylic oxidation sites excluding steroid dienone is 1. The Morgan fingerprint density at radius 1 is 1.35 bits per heavy atom. The number of ketones is 1. The molecule has 1 aromatic heterocycles. The molecule has 1 atom stereocenters. The molecular weight excluding hydrogens is 291 g/mol. The molecule has 0 bridgehead atoms. The number of carbonyl (C=O) groups excluding carboxylic acids is 1. The molecule has 0 radical (unpaired) electrons. The van der Waals surface area contributed by atoms with Gasteiger partial charge in [-0.2, -0.15) is 0 Å². The van der Waals surface area contributed by atoms with Crippen LogP contribution in [0.3, 0.4) is 0 Å². The highest BCUT2D eigenvalue weighted by Gasteiger charge is 2.34. The Morgan fingerprint density at radius 3 is 2.91 bits per heavy atom. The molecule has 4 rings (SSSR count). The van der Waals surface area contributed by atoms with Gasteiger partial charge in [-0.05, 0) is 31.7 Å². The lowest BCUT2D eigenvalue weighted by molar-refractivity contribution is -0.124. The first-order valence-corrected chi connectivity index (χ1v) is 8.15. The minimum absolute atomic E-state index is 0.0864. The SMILES string of the molecule is C=C1CCC(C(=O)CC2c3c(F)cccc3-c3cncn32)CC1. The van der Waals surface area contributed by atoms with Crippen LogP contribution in [0.15, 0.2) is 42.9 Å².